The van der Waals surface area contributed by atoms with Gasteiger partial charge in [0.2, 0.25) is 15.9 Å². The zero-order chi connectivity index (χ0) is 22.7. The lowest BCUT2D eigenvalue weighted by atomic mass is 10.1. The molecule has 2 aromatic carbocycles. The first-order valence-electron chi connectivity index (χ1n) is 10.5. The van der Waals surface area contributed by atoms with Gasteiger partial charge in [-0.25, -0.2) is 8.42 Å². The number of carbonyl (C=O) groups excluding carboxylic acids is 2. The zero-order valence-electron chi connectivity index (χ0n) is 17.5. The summed E-state index contributed by atoms with van der Waals surface area (Å²) in [6, 6.07) is 14.3. The molecule has 9 nitrogen and oxygen atoms in total. The minimum absolute atomic E-state index is 0.0808. The number of carbonyl (C=O) groups is 2. The summed E-state index contributed by atoms with van der Waals surface area (Å²) in [5, 5.41) is 8.48. The van der Waals surface area contributed by atoms with E-state index in [1.165, 1.54) is 21.4 Å². The molecule has 32 heavy (non-hydrogen) atoms. The number of hydrogen-bond donors (Lipinski definition) is 2. The molecule has 4 rings (SSSR count). The SMILES string of the molecule is NC(=O)C1CC(C(=O)Nc2ccc(S(=O)(=O)N3CCCCC3)cc2)=NN1c1ccccc1. The summed E-state index contributed by atoms with van der Waals surface area (Å²) in [5.74, 6) is -1.05. The first-order chi connectivity index (χ1) is 15.4. The van der Waals surface area contributed by atoms with Crippen LogP contribution >= 0.6 is 0 Å². The van der Waals surface area contributed by atoms with E-state index < -0.39 is 27.9 Å². The molecule has 0 aliphatic carbocycles. The third-order valence-corrected chi connectivity index (χ3v) is 7.50. The zero-order valence-corrected chi connectivity index (χ0v) is 18.3. The number of nitrogens with one attached hydrogen (secondary N) is 1. The van der Waals surface area contributed by atoms with Gasteiger partial charge in [-0.1, -0.05) is 24.6 Å². The van der Waals surface area contributed by atoms with E-state index in [9.17, 15) is 18.0 Å². The summed E-state index contributed by atoms with van der Waals surface area (Å²) < 4.78 is 27.0. The molecule has 168 valence electrons. The largest absolute Gasteiger partial charge is 0.368 e. The molecule has 2 heterocycles. The van der Waals surface area contributed by atoms with E-state index in [-0.39, 0.29) is 17.0 Å². The van der Waals surface area contributed by atoms with Gasteiger partial charge in [0.15, 0.2) is 0 Å². The number of hydrazone groups is 1. The summed E-state index contributed by atoms with van der Waals surface area (Å²) >= 11 is 0. The molecule has 2 amide bonds. The highest BCUT2D eigenvalue weighted by Crippen LogP contribution is 2.25. The molecule has 1 fully saturated rings. The number of para-hydroxylation sites is 1. The minimum Gasteiger partial charge on any atom is -0.368 e. The molecule has 1 unspecified atom stereocenters. The second-order valence-corrected chi connectivity index (χ2v) is 9.73. The van der Waals surface area contributed by atoms with Crippen LogP contribution in [0.25, 0.3) is 0 Å². The lowest BCUT2D eigenvalue weighted by Gasteiger charge is -2.25. The van der Waals surface area contributed by atoms with Crippen LogP contribution in [0.5, 0.6) is 0 Å². The summed E-state index contributed by atoms with van der Waals surface area (Å²) in [4.78, 5) is 24.8. The molecule has 0 aromatic heterocycles. The highest BCUT2D eigenvalue weighted by molar-refractivity contribution is 7.89. The van der Waals surface area contributed by atoms with Crippen LogP contribution in [0.15, 0.2) is 64.6 Å². The van der Waals surface area contributed by atoms with E-state index in [1.807, 2.05) is 6.07 Å². The van der Waals surface area contributed by atoms with Crippen molar-refractivity contribution in [1.29, 1.82) is 0 Å². The maximum Gasteiger partial charge on any atom is 0.271 e. The van der Waals surface area contributed by atoms with Gasteiger partial charge in [0.05, 0.1) is 10.6 Å². The third kappa shape index (κ3) is 4.51. The van der Waals surface area contributed by atoms with Gasteiger partial charge in [0.1, 0.15) is 11.8 Å². The van der Waals surface area contributed by atoms with E-state index in [0.717, 1.165) is 19.3 Å². The number of rotatable bonds is 6. The van der Waals surface area contributed by atoms with Crippen LogP contribution in [0.1, 0.15) is 25.7 Å². The maximum atomic E-state index is 12.8. The fourth-order valence-corrected chi connectivity index (χ4v) is 5.37. The van der Waals surface area contributed by atoms with Crippen molar-refractivity contribution < 1.29 is 18.0 Å². The number of primary amides is 1. The average Bonchev–Trinajstić information content (AvgIpc) is 3.27. The molecule has 0 bridgehead atoms. The van der Waals surface area contributed by atoms with Crippen molar-refractivity contribution in [1.82, 2.24) is 4.31 Å². The van der Waals surface area contributed by atoms with Crippen LogP contribution in [0, 0.1) is 0 Å². The highest BCUT2D eigenvalue weighted by Gasteiger charge is 2.35. The van der Waals surface area contributed by atoms with Crippen molar-refractivity contribution >= 4 is 38.9 Å². The van der Waals surface area contributed by atoms with Gasteiger partial charge in [-0.3, -0.25) is 14.6 Å². The van der Waals surface area contributed by atoms with Gasteiger partial charge in [-0.15, -0.1) is 0 Å². The number of nitrogens with zero attached hydrogens (tertiary/aromatic N) is 3. The van der Waals surface area contributed by atoms with Gasteiger partial charge in [0.25, 0.3) is 5.91 Å². The molecule has 2 aromatic rings. The summed E-state index contributed by atoms with van der Waals surface area (Å²) in [6.07, 6.45) is 2.85. The van der Waals surface area contributed by atoms with Crippen molar-refractivity contribution in [2.45, 2.75) is 36.6 Å². The number of piperidine rings is 1. The molecule has 1 atom stereocenters. The minimum atomic E-state index is -3.54. The van der Waals surface area contributed by atoms with Crippen molar-refractivity contribution in [3.05, 3.63) is 54.6 Å². The number of nitrogens with two attached hydrogens (primary N) is 1. The van der Waals surface area contributed by atoms with Crippen LogP contribution < -0.4 is 16.1 Å². The lowest BCUT2D eigenvalue weighted by Crippen LogP contribution is -2.39. The van der Waals surface area contributed by atoms with Gasteiger partial charge < -0.3 is 11.1 Å². The molecule has 0 saturated carbocycles. The third-order valence-electron chi connectivity index (χ3n) is 5.59. The molecule has 2 aliphatic heterocycles. The maximum absolute atomic E-state index is 12.8. The van der Waals surface area contributed by atoms with Crippen molar-refractivity contribution in [2.24, 2.45) is 10.8 Å². The predicted octanol–water partition coefficient (Wildman–Crippen LogP) is 1.92. The van der Waals surface area contributed by atoms with E-state index in [2.05, 4.69) is 10.4 Å². The Hall–Kier alpha value is -3.24. The number of hydrogen-bond acceptors (Lipinski definition) is 6. The molecule has 0 radical (unpaired) electrons. The number of anilines is 2. The predicted molar refractivity (Wildman–Crippen MR) is 122 cm³/mol. The normalized spacial score (nSPS) is 19.4. The Kier molecular flexibility index (Phi) is 6.24. The summed E-state index contributed by atoms with van der Waals surface area (Å²) in [5.41, 5.74) is 6.77. The molecule has 1 saturated heterocycles. The molecular formula is C22H25N5O4S. The monoisotopic (exact) mass is 455 g/mol. The smallest absolute Gasteiger partial charge is 0.271 e. The Morgan fingerprint density at radius 3 is 2.25 bits per heavy atom. The first-order valence-corrected chi connectivity index (χ1v) is 11.9. The molecule has 10 heteroatoms. The van der Waals surface area contributed by atoms with E-state index >= 15 is 0 Å². The quantitative estimate of drug-likeness (QED) is 0.688. The standard InChI is InChI=1S/C22H25N5O4S/c23-21(28)20-15-19(25-27(20)17-7-3-1-4-8-17)22(29)24-16-9-11-18(12-10-16)32(30,31)26-13-5-2-6-14-26/h1,3-4,7-12,20H,2,5-6,13-15H2,(H2,23,28)(H,24,29). The van der Waals surface area contributed by atoms with Crippen LogP contribution in [0.2, 0.25) is 0 Å². The van der Waals surface area contributed by atoms with Gasteiger partial charge in [-0.2, -0.15) is 9.41 Å². The fourth-order valence-electron chi connectivity index (χ4n) is 3.86. The summed E-state index contributed by atoms with van der Waals surface area (Å²) in [7, 11) is -3.54. The van der Waals surface area contributed by atoms with Crippen molar-refractivity contribution in [3.8, 4) is 0 Å². The topological polar surface area (TPSA) is 125 Å². The fraction of sp³-hybridized carbons (Fsp3) is 0.318. The molecule has 3 N–H and O–H groups in total. The van der Waals surface area contributed by atoms with Crippen LogP contribution in [-0.2, 0) is 19.6 Å². The highest BCUT2D eigenvalue weighted by atomic mass is 32.2. The number of sulfonamides is 1. The summed E-state index contributed by atoms with van der Waals surface area (Å²) in [6.45, 7) is 1.05. The second-order valence-electron chi connectivity index (χ2n) is 7.79. The lowest BCUT2D eigenvalue weighted by molar-refractivity contribution is -0.119. The van der Waals surface area contributed by atoms with E-state index in [0.29, 0.717) is 24.5 Å². The molecule has 0 spiro atoms. The van der Waals surface area contributed by atoms with E-state index in [4.69, 9.17) is 5.73 Å². The van der Waals surface area contributed by atoms with Gasteiger partial charge in [-0.05, 0) is 49.2 Å². The van der Waals surface area contributed by atoms with Gasteiger partial charge >= 0.3 is 0 Å². The van der Waals surface area contributed by atoms with Crippen molar-refractivity contribution in [3.63, 3.8) is 0 Å². The Morgan fingerprint density at radius 1 is 0.969 bits per heavy atom. The van der Waals surface area contributed by atoms with Crippen LogP contribution in [-0.4, -0.2) is 49.4 Å². The average molecular weight is 456 g/mol. The number of benzene rings is 2. The first kappa shape index (κ1) is 22.0. The van der Waals surface area contributed by atoms with E-state index in [1.54, 1.807) is 36.4 Å². The Morgan fingerprint density at radius 2 is 1.62 bits per heavy atom. The number of amides is 2. The van der Waals surface area contributed by atoms with Crippen molar-refractivity contribution in [2.75, 3.05) is 23.4 Å². The Balaban J connectivity index is 1.47. The van der Waals surface area contributed by atoms with Crippen LogP contribution in [0.4, 0.5) is 11.4 Å². The van der Waals surface area contributed by atoms with Gasteiger partial charge in [0, 0.05) is 25.2 Å². The Bertz CT molecular complexity index is 1130. The van der Waals surface area contributed by atoms with Crippen LogP contribution in [0.3, 0.4) is 0 Å². The molecular weight excluding hydrogens is 430 g/mol. The second kappa shape index (κ2) is 9.09. The Labute approximate surface area is 186 Å². The molecule has 2 aliphatic rings.